The van der Waals surface area contributed by atoms with Crippen molar-refractivity contribution in [3.05, 3.63) is 72.0 Å². The van der Waals surface area contributed by atoms with Crippen molar-refractivity contribution in [2.24, 2.45) is 0 Å². The van der Waals surface area contributed by atoms with E-state index < -0.39 is 0 Å². The molecule has 2 heterocycles. The first-order valence-corrected chi connectivity index (χ1v) is 9.42. The second-order valence-corrected chi connectivity index (χ2v) is 6.73. The molecule has 1 amide bonds. The van der Waals surface area contributed by atoms with Gasteiger partial charge in [-0.2, -0.15) is 0 Å². The first-order chi connectivity index (χ1) is 13.8. The molecule has 0 radical (unpaired) electrons. The Bertz CT molecular complexity index is 900. The molecule has 1 fully saturated rings. The number of hydrogen-bond donors (Lipinski definition) is 0. The van der Waals surface area contributed by atoms with Crippen molar-refractivity contribution in [2.75, 3.05) is 13.1 Å². The van der Waals surface area contributed by atoms with E-state index in [2.05, 4.69) is 5.16 Å². The summed E-state index contributed by atoms with van der Waals surface area (Å²) < 4.78 is 16.4. The first kappa shape index (κ1) is 18.1. The highest BCUT2D eigenvalue weighted by Gasteiger charge is 2.19. The lowest BCUT2D eigenvalue weighted by Crippen LogP contribution is -2.28. The van der Waals surface area contributed by atoms with Gasteiger partial charge < -0.3 is 18.9 Å². The fraction of sp³-hybridized carbons (Fsp3) is 0.273. The normalized spacial score (nSPS) is 13.5. The van der Waals surface area contributed by atoms with Gasteiger partial charge in [0.15, 0.2) is 12.4 Å². The Kier molecular flexibility index (Phi) is 5.56. The third kappa shape index (κ3) is 4.52. The zero-order valence-corrected chi connectivity index (χ0v) is 15.5. The van der Waals surface area contributed by atoms with Crippen LogP contribution < -0.4 is 4.74 Å². The van der Waals surface area contributed by atoms with Crippen molar-refractivity contribution >= 4 is 6.09 Å². The predicted molar refractivity (Wildman–Crippen MR) is 104 cm³/mol. The molecule has 1 aliphatic heterocycles. The molecule has 6 nitrogen and oxygen atoms in total. The van der Waals surface area contributed by atoms with Gasteiger partial charge in [-0.25, -0.2) is 4.79 Å². The maximum absolute atomic E-state index is 11.9. The Morgan fingerprint density at radius 3 is 2.50 bits per heavy atom. The van der Waals surface area contributed by atoms with E-state index in [1.165, 1.54) is 0 Å². The number of rotatable bonds is 6. The molecule has 1 saturated heterocycles. The monoisotopic (exact) mass is 378 g/mol. The summed E-state index contributed by atoms with van der Waals surface area (Å²) in [5.74, 6) is 1.31. The Morgan fingerprint density at radius 1 is 1.00 bits per heavy atom. The second kappa shape index (κ2) is 8.61. The molecule has 0 unspecified atom stereocenters. The van der Waals surface area contributed by atoms with Crippen LogP contribution in [-0.2, 0) is 18.0 Å². The summed E-state index contributed by atoms with van der Waals surface area (Å²) in [6.07, 6.45) is 1.77. The van der Waals surface area contributed by atoms with Crippen molar-refractivity contribution in [1.82, 2.24) is 10.1 Å². The Hall–Kier alpha value is -3.28. The molecule has 0 N–H and O–H groups in total. The molecule has 2 aromatic carbocycles. The van der Waals surface area contributed by atoms with Gasteiger partial charge in [0.2, 0.25) is 0 Å². The van der Waals surface area contributed by atoms with E-state index in [0.717, 1.165) is 42.8 Å². The Labute approximate surface area is 163 Å². The fourth-order valence-electron chi connectivity index (χ4n) is 3.10. The van der Waals surface area contributed by atoms with Crippen LogP contribution in [0.1, 0.15) is 24.2 Å². The van der Waals surface area contributed by atoms with E-state index in [0.29, 0.717) is 18.1 Å². The number of hydrogen-bond acceptors (Lipinski definition) is 5. The number of amides is 1. The Morgan fingerprint density at radius 2 is 1.75 bits per heavy atom. The lowest BCUT2D eigenvalue weighted by molar-refractivity contribution is 0.0952. The highest BCUT2D eigenvalue weighted by Crippen LogP contribution is 2.23. The number of carbonyl (C=O) groups excluding carboxylic acids is 1. The van der Waals surface area contributed by atoms with Crippen molar-refractivity contribution < 1.29 is 18.8 Å². The van der Waals surface area contributed by atoms with Gasteiger partial charge in [-0.1, -0.05) is 35.5 Å². The lowest BCUT2D eigenvalue weighted by atomic mass is 10.1. The van der Waals surface area contributed by atoms with Gasteiger partial charge >= 0.3 is 6.09 Å². The number of aromatic nitrogens is 1. The first-order valence-electron chi connectivity index (χ1n) is 9.42. The molecule has 0 spiro atoms. The number of ether oxygens (including phenoxy) is 2. The van der Waals surface area contributed by atoms with E-state index in [-0.39, 0.29) is 12.7 Å². The third-order valence-corrected chi connectivity index (χ3v) is 4.66. The molecule has 4 rings (SSSR count). The fourth-order valence-corrected chi connectivity index (χ4v) is 3.10. The van der Waals surface area contributed by atoms with Gasteiger partial charge in [-0.05, 0) is 42.7 Å². The van der Waals surface area contributed by atoms with E-state index in [4.69, 9.17) is 14.0 Å². The topological polar surface area (TPSA) is 64.8 Å². The zero-order valence-electron chi connectivity index (χ0n) is 15.5. The molecule has 6 heteroatoms. The van der Waals surface area contributed by atoms with Crippen LogP contribution in [0.2, 0.25) is 0 Å². The summed E-state index contributed by atoms with van der Waals surface area (Å²) in [5, 5.41) is 4.06. The lowest BCUT2D eigenvalue weighted by Gasteiger charge is -2.13. The van der Waals surface area contributed by atoms with Gasteiger partial charge in [0.1, 0.15) is 18.1 Å². The summed E-state index contributed by atoms with van der Waals surface area (Å²) in [6.45, 7) is 2.13. The van der Waals surface area contributed by atoms with Gasteiger partial charge in [0.25, 0.3) is 0 Å². The standard InChI is InChI=1S/C22H22N2O4/c25-22(24-12-4-5-13-24)27-16-20-14-21(23-28-20)18-8-10-19(11-9-18)26-15-17-6-2-1-3-7-17/h1-3,6-11,14H,4-5,12-13,15-16H2. The number of carbonyl (C=O) groups is 1. The minimum absolute atomic E-state index is 0.0839. The largest absolute Gasteiger partial charge is 0.489 e. The van der Waals surface area contributed by atoms with Gasteiger partial charge in [0.05, 0.1) is 0 Å². The maximum atomic E-state index is 11.9. The molecule has 28 heavy (non-hydrogen) atoms. The minimum atomic E-state index is -0.296. The molecular weight excluding hydrogens is 356 g/mol. The van der Waals surface area contributed by atoms with Crippen LogP contribution in [0, 0.1) is 0 Å². The van der Waals surface area contributed by atoms with Crippen LogP contribution >= 0.6 is 0 Å². The van der Waals surface area contributed by atoms with Crippen molar-refractivity contribution in [3.63, 3.8) is 0 Å². The highest BCUT2D eigenvalue weighted by molar-refractivity contribution is 5.68. The molecule has 3 aromatic rings. The third-order valence-electron chi connectivity index (χ3n) is 4.66. The maximum Gasteiger partial charge on any atom is 0.410 e. The molecule has 0 bridgehead atoms. The molecule has 144 valence electrons. The summed E-state index contributed by atoms with van der Waals surface area (Å²) in [7, 11) is 0. The smallest absolute Gasteiger partial charge is 0.410 e. The SMILES string of the molecule is O=C(OCc1cc(-c2ccc(OCc3ccccc3)cc2)no1)N1CCCC1. The summed E-state index contributed by atoms with van der Waals surface area (Å²) in [5.41, 5.74) is 2.73. The van der Waals surface area contributed by atoms with Crippen LogP contribution in [0.3, 0.4) is 0 Å². The van der Waals surface area contributed by atoms with E-state index in [1.807, 2.05) is 54.6 Å². The van der Waals surface area contributed by atoms with Crippen LogP contribution in [0.4, 0.5) is 4.79 Å². The average molecular weight is 378 g/mol. The van der Waals surface area contributed by atoms with Crippen LogP contribution in [0.25, 0.3) is 11.3 Å². The van der Waals surface area contributed by atoms with Gasteiger partial charge in [0, 0.05) is 24.7 Å². The molecule has 1 aliphatic rings. The zero-order chi connectivity index (χ0) is 19.2. The van der Waals surface area contributed by atoms with E-state index in [9.17, 15) is 4.79 Å². The van der Waals surface area contributed by atoms with Crippen molar-refractivity contribution in [2.45, 2.75) is 26.1 Å². The quantitative estimate of drug-likeness (QED) is 0.624. The molecule has 0 atom stereocenters. The molecule has 1 aromatic heterocycles. The van der Waals surface area contributed by atoms with Gasteiger partial charge in [-0.15, -0.1) is 0 Å². The van der Waals surface area contributed by atoms with Crippen LogP contribution in [0.15, 0.2) is 65.2 Å². The summed E-state index contributed by atoms with van der Waals surface area (Å²) in [4.78, 5) is 13.6. The van der Waals surface area contributed by atoms with Crippen molar-refractivity contribution in [1.29, 1.82) is 0 Å². The second-order valence-electron chi connectivity index (χ2n) is 6.73. The summed E-state index contributed by atoms with van der Waals surface area (Å²) in [6, 6.07) is 19.5. The molecular formula is C22H22N2O4. The van der Waals surface area contributed by atoms with Crippen molar-refractivity contribution in [3.8, 4) is 17.0 Å². The Balaban J connectivity index is 1.31. The van der Waals surface area contributed by atoms with E-state index >= 15 is 0 Å². The molecule has 0 saturated carbocycles. The van der Waals surface area contributed by atoms with Crippen LogP contribution in [-0.4, -0.2) is 29.2 Å². The van der Waals surface area contributed by atoms with E-state index in [1.54, 1.807) is 11.0 Å². The predicted octanol–water partition coefficient (Wildman–Crippen LogP) is 4.65. The average Bonchev–Trinajstić information content (AvgIpc) is 3.44. The summed E-state index contributed by atoms with van der Waals surface area (Å²) >= 11 is 0. The van der Waals surface area contributed by atoms with Crippen LogP contribution in [0.5, 0.6) is 5.75 Å². The minimum Gasteiger partial charge on any atom is -0.489 e. The number of likely N-dealkylation sites (tertiary alicyclic amines) is 1. The number of benzene rings is 2. The highest BCUT2D eigenvalue weighted by atomic mass is 16.6. The van der Waals surface area contributed by atoms with Gasteiger partial charge in [-0.3, -0.25) is 0 Å². The molecule has 0 aliphatic carbocycles. The number of nitrogens with zero attached hydrogens (tertiary/aromatic N) is 2.